The number of ether oxygens (including phenoxy) is 8. The summed E-state index contributed by atoms with van der Waals surface area (Å²) in [7, 11) is 0. The number of fused-ring (bicyclic) bond motifs is 1. The Bertz CT molecular complexity index is 2030. The fraction of sp³-hybridized carbons (Fsp3) is 0.596. The minimum absolute atomic E-state index is 0.0367. The number of aryl methyl sites for hydroxylation is 1. The van der Waals surface area contributed by atoms with Gasteiger partial charge in [0.25, 0.3) is 0 Å². The van der Waals surface area contributed by atoms with Gasteiger partial charge < -0.3 is 69.0 Å². The van der Waals surface area contributed by atoms with E-state index in [1.807, 2.05) is 42.3 Å². The van der Waals surface area contributed by atoms with E-state index in [9.17, 15) is 9.18 Å². The number of carbonyl (C=O) groups is 1. The number of anilines is 2. The average molecular weight is 944 g/mol. The van der Waals surface area contributed by atoms with Crippen LogP contribution in [0.2, 0.25) is 5.02 Å². The van der Waals surface area contributed by atoms with Gasteiger partial charge in [0.15, 0.2) is 0 Å². The number of nitrogens with one attached hydrogen (secondary N) is 1. The molecule has 0 unspecified atom stereocenters. The largest absolute Gasteiger partial charge is 0.379 e. The number of hydrogen-bond acceptors (Lipinski definition) is 15. The number of amides is 1. The Morgan fingerprint density at radius 2 is 1.27 bits per heavy atom. The number of benzene rings is 2. The first-order valence-corrected chi connectivity index (χ1v) is 23.5. The molecule has 2 aliphatic heterocycles. The number of aromatic amines is 1. The topological polar surface area (TPSA) is 194 Å². The van der Waals surface area contributed by atoms with E-state index in [-0.39, 0.29) is 24.2 Å². The summed E-state index contributed by atoms with van der Waals surface area (Å²) in [5, 5.41) is 0.599. The number of pyridine rings is 1. The van der Waals surface area contributed by atoms with Gasteiger partial charge in [0.2, 0.25) is 5.91 Å². The molecule has 0 aliphatic carbocycles. The van der Waals surface area contributed by atoms with Crippen LogP contribution in [-0.2, 0) is 42.7 Å². The Labute approximate surface area is 392 Å². The van der Waals surface area contributed by atoms with E-state index in [0.29, 0.717) is 149 Å². The molecule has 2 aromatic heterocycles. The standard InChI is InChI=1S/C47H68ClFN8O9/c1-35-30-36(32-38(49)31-35)40-34-52-47(44(45(40)56-8-4-39(51)5-9-56)46-53-41-3-2-37(48)33-42(41)54-46)57-12-10-55(11-13-57)43(58)6-14-59-16-18-61-20-22-63-24-26-65-28-29-66-27-25-64-23-21-62-19-17-60-15-7-50/h2-3,30-34,39H,4-29,50-51H2,1H3,(H,53,54). The van der Waals surface area contributed by atoms with E-state index >= 15 is 0 Å². The third-order valence-corrected chi connectivity index (χ3v) is 11.4. The fourth-order valence-electron chi connectivity index (χ4n) is 7.81. The maximum Gasteiger partial charge on any atom is 0.225 e. The van der Waals surface area contributed by atoms with E-state index in [4.69, 9.17) is 70.9 Å². The zero-order chi connectivity index (χ0) is 46.4. The number of piperidine rings is 1. The lowest BCUT2D eigenvalue weighted by atomic mass is 9.96. The summed E-state index contributed by atoms with van der Waals surface area (Å²) in [6.07, 6.45) is 3.76. The maximum atomic E-state index is 14.9. The minimum atomic E-state index is -0.308. The molecule has 5 N–H and O–H groups in total. The van der Waals surface area contributed by atoms with Gasteiger partial charge >= 0.3 is 0 Å². The third-order valence-electron chi connectivity index (χ3n) is 11.2. The second-order valence-corrected chi connectivity index (χ2v) is 16.5. The summed E-state index contributed by atoms with van der Waals surface area (Å²) >= 11 is 6.40. The zero-order valence-corrected chi connectivity index (χ0v) is 39.1. The number of aromatic nitrogens is 3. The van der Waals surface area contributed by atoms with Gasteiger partial charge in [-0.15, -0.1) is 0 Å². The van der Waals surface area contributed by atoms with Gasteiger partial charge in [0.05, 0.1) is 134 Å². The monoisotopic (exact) mass is 942 g/mol. The maximum absolute atomic E-state index is 14.9. The van der Waals surface area contributed by atoms with Crippen molar-refractivity contribution in [2.24, 2.45) is 11.5 Å². The van der Waals surface area contributed by atoms with Crippen LogP contribution in [-0.4, -0.2) is 183 Å². The van der Waals surface area contributed by atoms with E-state index in [2.05, 4.69) is 14.8 Å². The number of halogens is 2. The Morgan fingerprint density at radius 1 is 0.727 bits per heavy atom. The molecular formula is C47H68ClFN8O9. The van der Waals surface area contributed by atoms with E-state index in [0.717, 1.165) is 70.7 Å². The summed E-state index contributed by atoms with van der Waals surface area (Å²) in [5.41, 5.74) is 17.4. The molecule has 2 aromatic carbocycles. The SMILES string of the molecule is Cc1cc(F)cc(-c2cnc(N3CCN(C(=O)CCOCCOCCOCCOCCOCCOCCOCCOCCN)CC3)c(-c3nc4ccc(Cl)cc4[nH]3)c2N2CCC(N)CC2)c1. The number of piperazine rings is 1. The highest BCUT2D eigenvalue weighted by Gasteiger charge is 2.31. The van der Waals surface area contributed by atoms with Gasteiger partial charge in [-0.25, -0.2) is 14.4 Å². The molecule has 0 bridgehead atoms. The zero-order valence-electron chi connectivity index (χ0n) is 38.3. The lowest BCUT2D eigenvalue weighted by molar-refractivity contribution is -0.132. The first-order chi connectivity index (χ1) is 32.3. The molecule has 2 saturated heterocycles. The molecule has 6 rings (SSSR count). The van der Waals surface area contributed by atoms with Crippen molar-refractivity contribution in [2.45, 2.75) is 32.2 Å². The molecule has 0 radical (unpaired) electrons. The van der Waals surface area contributed by atoms with Gasteiger partial charge in [-0.1, -0.05) is 17.7 Å². The van der Waals surface area contributed by atoms with Crippen molar-refractivity contribution in [3.63, 3.8) is 0 Å². The molecule has 0 spiro atoms. The Hall–Kier alpha value is -4.05. The normalized spacial score (nSPS) is 14.8. The molecule has 0 atom stereocenters. The van der Waals surface area contributed by atoms with Crippen LogP contribution in [0.5, 0.6) is 0 Å². The summed E-state index contributed by atoms with van der Waals surface area (Å²) in [6, 6.07) is 10.8. The number of nitrogens with zero attached hydrogens (tertiary/aromatic N) is 5. The molecule has 1 amide bonds. The molecule has 19 heteroatoms. The first-order valence-electron chi connectivity index (χ1n) is 23.1. The van der Waals surface area contributed by atoms with Crippen LogP contribution in [0.1, 0.15) is 24.8 Å². The average Bonchev–Trinajstić information content (AvgIpc) is 3.74. The first kappa shape index (κ1) is 51.3. The summed E-state index contributed by atoms with van der Waals surface area (Å²) in [4.78, 5) is 33.4. The number of nitrogens with two attached hydrogens (primary N) is 2. The predicted octanol–water partition coefficient (Wildman–Crippen LogP) is 4.45. The van der Waals surface area contributed by atoms with Gasteiger partial charge in [0, 0.05) is 68.6 Å². The van der Waals surface area contributed by atoms with Crippen molar-refractivity contribution < 1.29 is 47.1 Å². The molecule has 0 saturated carbocycles. The lowest BCUT2D eigenvalue weighted by Gasteiger charge is -2.39. The summed E-state index contributed by atoms with van der Waals surface area (Å²) in [6.45, 7) is 13.5. The molecule has 66 heavy (non-hydrogen) atoms. The smallest absolute Gasteiger partial charge is 0.225 e. The van der Waals surface area contributed by atoms with Crippen molar-refractivity contribution in [2.75, 3.05) is 161 Å². The molecule has 4 heterocycles. The van der Waals surface area contributed by atoms with Crippen LogP contribution in [0.3, 0.4) is 0 Å². The van der Waals surface area contributed by atoms with E-state index < -0.39 is 0 Å². The van der Waals surface area contributed by atoms with Gasteiger partial charge in [-0.05, 0) is 61.2 Å². The summed E-state index contributed by atoms with van der Waals surface area (Å²) < 4.78 is 59.0. The van der Waals surface area contributed by atoms with Crippen molar-refractivity contribution in [3.8, 4) is 22.5 Å². The number of rotatable bonds is 30. The van der Waals surface area contributed by atoms with Crippen molar-refractivity contribution in [3.05, 3.63) is 59.0 Å². The molecule has 17 nitrogen and oxygen atoms in total. The highest BCUT2D eigenvalue weighted by atomic mass is 35.5. The fourth-order valence-corrected chi connectivity index (χ4v) is 7.99. The molecule has 4 aromatic rings. The molecule has 364 valence electrons. The van der Waals surface area contributed by atoms with E-state index in [1.54, 1.807) is 6.07 Å². The van der Waals surface area contributed by atoms with Crippen LogP contribution in [0, 0.1) is 12.7 Å². The number of imidazole rings is 1. The summed E-state index contributed by atoms with van der Waals surface area (Å²) in [5.74, 6) is 1.12. The second-order valence-electron chi connectivity index (χ2n) is 16.1. The van der Waals surface area contributed by atoms with Crippen LogP contribution in [0.4, 0.5) is 15.9 Å². The van der Waals surface area contributed by atoms with Gasteiger partial charge in [-0.3, -0.25) is 4.79 Å². The van der Waals surface area contributed by atoms with Crippen molar-refractivity contribution in [1.82, 2.24) is 19.9 Å². The predicted molar refractivity (Wildman–Crippen MR) is 253 cm³/mol. The Morgan fingerprint density at radius 3 is 1.82 bits per heavy atom. The second kappa shape index (κ2) is 28.3. The highest BCUT2D eigenvalue weighted by Crippen LogP contribution is 2.45. The molecule has 2 aliphatic rings. The molecule has 2 fully saturated rings. The number of carbonyl (C=O) groups excluding carboxylic acids is 1. The molecular weight excluding hydrogens is 875 g/mol. The highest BCUT2D eigenvalue weighted by molar-refractivity contribution is 6.31. The van der Waals surface area contributed by atoms with E-state index in [1.165, 1.54) is 6.07 Å². The lowest BCUT2D eigenvalue weighted by Crippen LogP contribution is -2.49. The van der Waals surface area contributed by atoms with Gasteiger partial charge in [-0.2, -0.15) is 0 Å². The number of H-pyrrole nitrogens is 1. The van der Waals surface area contributed by atoms with Crippen LogP contribution in [0.15, 0.2) is 42.6 Å². The number of hydrogen-bond donors (Lipinski definition) is 3. The minimum Gasteiger partial charge on any atom is -0.379 e. The Balaban J connectivity index is 0.890. The Kier molecular flexibility index (Phi) is 22.0. The van der Waals surface area contributed by atoms with Crippen LogP contribution < -0.4 is 21.3 Å². The quantitative estimate of drug-likeness (QED) is 0.0621. The van der Waals surface area contributed by atoms with Crippen molar-refractivity contribution >= 4 is 40.0 Å². The van der Waals surface area contributed by atoms with Crippen molar-refractivity contribution in [1.29, 1.82) is 0 Å². The third kappa shape index (κ3) is 16.3. The van der Waals surface area contributed by atoms with Crippen LogP contribution >= 0.6 is 11.6 Å². The van der Waals surface area contributed by atoms with Crippen LogP contribution in [0.25, 0.3) is 33.5 Å². The van der Waals surface area contributed by atoms with Gasteiger partial charge in [0.1, 0.15) is 17.5 Å².